The smallest absolute Gasteiger partial charge is 0.284 e. The minimum Gasteiger partial charge on any atom is -0.409 e. The van der Waals surface area contributed by atoms with E-state index in [4.69, 9.17) is 28.2 Å². The van der Waals surface area contributed by atoms with Gasteiger partial charge in [-0.1, -0.05) is 35.9 Å². The molecular formula is C16H13ClN3O2S. The van der Waals surface area contributed by atoms with Gasteiger partial charge in [0, 0.05) is 5.56 Å². The molecule has 0 aliphatic heterocycles. The quantitative estimate of drug-likeness (QED) is 0.629. The largest absolute Gasteiger partial charge is 0.409 e. The molecule has 1 radical (unpaired) electrons. The summed E-state index contributed by atoms with van der Waals surface area (Å²) in [6.07, 6.45) is -0.899. The highest BCUT2D eigenvalue weighted by Crippen LogP contribution is 2.35. The van der Waals surface area contributed by atoms with Crippen molar-refractivity contribution in [3.63, 3.8) is 0 Å². The molecule has 0 aliphatic carbocycles. The fraction of sp³-hybridized carbons (Fsp3) is 0.125. The summed E-state index contributed by atoms with van der Waals surface area (Å²) in [5.74, 6) is 0.377. The number of nitrogens with zero attached hydrogens (tertiary/aromatic N) is 1. The molecule has 0 saturated carbocycles. The minimum absolute atomic E-state index is 0.204. The Balaban J connectivity index is 2.02. The van der Waals surface area contributed by atoms with Crippen molar-refractivity contribution < 1.29 is 9.52 Å². The van der Waals surface area contributed by atoms with Gasteiger partial charge in [-0.15, -0.1) is 5.10 Å². The Morgan fingerprint density at radius 1 is 1.22 bits per heavy atom. The van der Waals surface area contributed by atoms with Gasteiger partial charge in [-0.2, -0.15) is 0 Å². The summed E-state index contributed by atoms with van der Waals surface area (Å²) in [6.45, 7) is 1.56. The van der Waals surface area contributed by atoms with E-state index in [1.807, 2.05) is 30.3 Å². The standard InChI is InChI=1S/C16H13ClN3O2S/c1-9(21)10-6-4-8-13(14(10)17)18-12-7-3-2-5-11(12)15-19-20-16(23)22-15/h2-9,18H,1H3,(H,20,23). The maximum Gasteiger partial charge on any atom is 0.284 e. The molecule has 1 unspecified atom stereocenters. The van der Waals surface area contributed by atoms with Gasteiger partial charge in [0.15, 0.2) is 0 Å². The van der Waals surface area contributed by atoms with Crippen LogP contribution >= 0.6 is 23.8 Å². The summed E-state index contributed by atoms with van der Waals surface area (Å²) in [5, 5.41) is 22.0. The van der Waals surface area contributed by atoms with Gasteiger partial charge in [0.2, 0.25) is 5.89 Å². The highest BCUT2D eigenvalue weighted by Gasteiger charge is 2.14. The molecule has 0 amide bonds. The molecule has 5 nitrogen and oxygen atoms in total. The Kier molecular flexibility index (Phi) is 4.47. The van der Waals surface area contributed by atoms with Crippen LogP contribution in [0.5, 0.6) is 0 Å². The summed E-state index contributed by atoms with van der Waals surface area (Å²) < 4.78 is 5.37. The monoisotopic (exact) mass is 346 g/mol. The van der Waals surface area contributed by atoms with E-state index in [2.05, 4.69) is 15.5 Å². The second kappa shape index (κ2) is 6.54. The Morgan fingerprint density at radius 2 is 1.96 bits per heavy atom. The fourth-order valence-electron chi connectivity index (χ4n) is 2.23. The number of benzene rings is 2. The molecule has 3 aromatic rings. The molecule has 3 rings (SSSR count). The molecule has 117 valence electrons. The van der Waals surface area contributed by atoms with E-state index in [0.717, 1.165) is 11.3 Å². The molecule has 1 atom stereocenters. The Labute approximate surface area is 142 Å². The lowest BCUT2D eigenvalue weighted by Crippen LogP contribution is -1.98. The number of hydrogen-bond acceptors (Lipinski definition) is 4. The van der Waals surface area contributed by atoms with E-state index in [9.17, 15) is 5.11 Å². The SMILES string of the molecule is CC([O])c1cccc(Nc2ccccc2-c2n[nH]c(=S)o2)c1Cl. The van der Waals surface area contributed by atoms with Crippen molar-refractivity contribution in [3.05, 3.63) is 57.9 Å². The molecule has 0 aliphatic rings. The fourth-order valence-corrected chi connectivity index (χ4v) is 2.68. The molecule has 2 N–H and O–H groups in total. The van der Waals surface area contributed by atoms with Gasteiger partial charge in [-0.3, -0.25) is 0 Å². The maximum absolute atomic E-state index is 11.7. The van der Waals surface area contributed by atoms with Crippen LogP contribution in [0.15, 0.2) is 46.9 Å². The van der Waals surface area contributed by atoms with E-state index in [0.29, 0.717) is 22.2 Å². The predicted octanol–water partition coefficient (Wildman–Crippen LogP) is 5.29. The highest BCUT2D eigenvalue weighted by molar-refractivity contribution is 7.71. The third kappa shape index (κ3) is 3.29. The van der Waals surface area contributed by atoms with Crippen LogP contribution in [0.25, 0.3) is 11.5 Å². The number of nitrogens with one attached hydrogen (secondary N) is 2. The van der Waals surface area contributed by atoms with Crippen molar-refractivity contribution in [2.24, 2.45) is 0 Å². The van der Waals surface area contributed by atoms with Gasteiger partial charge in [0.25, 0.3) is 4.84 Å². The van der Waals surface area contributed by atoms with Gasteiger partial charge >= 0.3 is 0 Å². The van der Waals surface area contributed by atoms with Gasteiger partial charge in [0.1, 0.15) is 6.10 Å². The first kappa shape index (κ1) is 15.7. The van der Waals surface area contributed by atoms with Crippen molar-refractivity contribution in [2.75, 3.05) is 5.32 Å². The zero-order chi connectivity index (χ0) is 16.4. The number of para-hydroxylation sites is 1. The summed E-state index contributed by atoms with van der Waals surface area (Å²) in [7, 11) is 0. The van der Waals surface area contributed by atoms with Crippen molar-refractivity contribution >= 4 is 35.2 Å². The molecule has 1 heterocycles. The van der Waals surface area contributed by atoms with Gasteiger partial charge in [-0.05, 0) is 37.3 Å². The highest BCUT2D eigenvalue weighted by atomic mass is 35.5. The number of halogens is 1. The molecule has 0 fully saturated rings. The second-order valence-corrected chi connectivity index (χ2v) is 5.69. The molecule has 0 spiro atoms. The lowest BCUT2D eigenvalue weighted by molar-refractivity contribution is 0.106. The first-order valence-electron chi connectivity index (χ1n) is 6.92. The summed E-state index contributed by atoms with van der Waals surface area (Å²) in [6, 6.07) is 12.8. The van der Waals surface area contributed by atoms with Crippen molar-refractivity contribution in [1.82, 2.24) is 10.2 Å². The van der Waals surface area contributed by atoms with Crippen LogP contribution in [-0.2, 0) is 5.11 Å². The van der Waals surface area contributed by atoms with Crippen molar-refractivity contribution in [1.29, 1.82) is 0 Å². The van der Waals surface area contributed by atoms with E-state index in [1.54, 1.807) is 19.1 Å². The third-order valence-electron chi connectivity index (χ3n) is 3.33. The Bertz CT molecular complexity index is 889. The number of hydrogen-bond donors (Lipinski definition) is 2. The minimum atomic E-state index is -0.899. The number of aromatic amines is 1. The van der Waals surface area contributed by atoms with E-state index in [-0.39, 0.29) is 4.84 Å². The molecule has 7 heteroatoms. The summed E-state index contributed by atoms with van der Waals surface area (Å²) in [5.41, 5.74) is 2.67. The molecule has 1 aromatic heterocycles. The van der Waals surface area contributed by atoms with E-state index in [1.165, 1.54) is 0 Å². The average molecular weight is 347 g/mol. The maximum atomic E-state index is 11.7. The van der Waals surface area contributed by atoms with E-state index < -0.39 is 6.10 Å². The number of anilines is 2. The van der Waals surface area contributed by atoms with Gasteiger partial charge in [0.05, 0.1) is 22.0 Å². The average Bonchev–Trinajstić information content (AvgIpc) is 2.96. The first-order chi connectivity index (χ1) is 11.1. The third-order valence-corrected chi connectivity index (χ3v) is 3.93. The number of H-pyrrole nitrogens is 1. The lowest BCUT2D eigenvalue weighted by atomic mass is 10.1. The van der Waals surface area contributed by atoms with Crippen LogP contribution in [-0.4, -0.2) is 10.2 Å². The van der Waals surface area contributed by atoms with Crippen LogP contribution in [0, 0.1) is 4.84 Å². The van der Waals surface area contributed by atoms with Crippen LogP contribution in [0.4, 0.5) is 11.4 Å². The second-order valence-electron chi connectivity index (χ2n) is 4.94. The van der Waals surface area contributed by atoms with Crippen molar-refractivity contribution in [3.8, 4) is 11.5 Å². The van der Waals surface area contributed by atoms with Crippen LogP contribution in [0.3, 0.4) is 0 Å². The number of aromatic nitrogens is 2. The molecule has 2 aromatic carbocycles. The topological polar surface area (TPSA) is 73.8 Å². The summed E-state index contributed by atoms with van der Waals surface area (Å²) in [4.78, 5) is 0.204. The Hall–Kier alpha value is -2.15. The van der Waals surface area contributed by atoms with Crippen LogP contribution in [0.1, 0.15) is 18.6 Å². The van der Waals surface area contributed by atoms with E-state index >= 15 is 0 Å². The van der Waals surface area contributed by atoms with Gasteiger partial charge in [-0.25, -0.2) is 10.2 Å². The van der Waals surface area contributed by atoms with Gasteiger partial charge < -0.3 is 9.73 Å². The predicted molar refractivity (Wildman–Crippen MR) is 91.0 cm³/mol. The molecule has 23 heavy (non-hydrogen) atoms. The Morgan fingerprint density at radius 3 is 2.65 bits per heavy atom. The lowest BCUT2D eigenvalue weighted by Gasteiger charge is -2.14. The molecule has 0 saturated heterocycles. The van der Waals surface area contributed by atoms with Crippen molar-refractivity contribution in [2.45, 2.75) is 13.0 Å². The number of rotatable bonds is 4. The zero-order valence-electron chi connectivity index (χ0n) is 12.2. The zero-order valence-corrected chi connectivity index (χ0v) is 13.7. The van der Waals surface area contributed by atoms with Crippen LogP contribution < -0.4 is 5.32 Å². The normalized spacial score (nSPS) is 12.1. The molecular weight excluding hydrogens is 334 g/mol. The van der Waals surface area contributed by atoms with Crippen LogP contribution in [0.2, 0.25) is 5.02 Å². The first-order valence-corrected chi connectivity index (χ1v) is 7.71. The summed E-state index contributed by atoms with van der Waals surface area (Å²) >= 11 is 11.2. The molecule has 0 bridgehead atoms.